The van der Waals surface area contributed by atoms with Gasteiger partial charge in [-0.25, -0.2) is 4.98 Å². The number of carboxylic acids is 1. The third kappa shape index (κ3) is 3.17. The molecule has 1 amide bonds. The molecule has 5 nitrogen and oxygen atoms in total. The van der Waals surface area contributed by atoms with E-state index in [0.717, 1.165) is 17.8 Å². The van der Waals surface area contributed by atoms with Crippen molar-refractivity contribution in [1.82, 2.24) is 9.88 Å². The standard InChI is InChI=1S/C14H20N2O3S/c1-2-16(8-4-11-15-7-9-20-11)12(17)10-14(13(18)19)5-3-6-14/h7,9H,2-6,8,10H2,1H3,(H,18,19). The number of aliphatic carboxylic acids is 1. The fourth-order valence-electron chi connectivity index (χ4n) is 2.54. The Morgan fingerprint density at radius 1 is 1.50 bits per heavy atom. The van der Waals surface area contributed by atoms with Crippen LogP contribution >= 0.6 is 11.3 Å². The summed E-state index contributed by atoms with van der Waals surface area (Å²) >= 11 is 1.58. The molecular weight excluding hydrogens is 276 g/mol. The van der Waals surface area contributed by atoms with Gasteiger partial charge in [0.2, 0.25) is 5.91 Å². The van der Waals surface area contributed by atoms with Gasteiger partial charge in [-0.05, 0) is 19.8 Å². The van der Waals surface area contributed by atoms with Gasteiger partial charge in [-0.2, -0.15) is 0 Å². The van der Waals surface area contributed by atoms with E-state index in [1.165, 1.54) is 0 Å². The lowest BCUT2D eigenvalue weighted by atomic mass is 9.66. The first-order chi connectivity index (χ1) is 9.57. The Balaban J connectivity index is 1.90. The van der Waals surface area contributed by atoms with Crippen LogP contribution in [-0.4, -0.2) is 40.0 Å². The fraction of sp³-hybridized carbons (Fsp3) is 0.643. The van der Waals surface area contributed by atoms with E-state index in [9.17, 15) is 14.7 Å². The summed E-state index contributed by atoms with van der Waals surface area (Å²) in [7, 11) is 0. The zero-order valence-corrected chi connectivity index (χ0v) is 12.5. The molecule has 1 heterocycles. The zero-order chi connectivity index (χ0) is 14.6. The normalized spacial score (nSPS) is 16.4. The second-order valence-corrected chi connectivity index (χ2v) is 6.24. The van der Waals surface area contributed by atoms with Gasteiger partial charge in [0.1, 0.15) is 0 Å². The van der Waals surface area contributed by atoms with Crippen molar-refractivity contribution in [3.8, 4) is 0 Å². The molecule has 0 spiro atoms. The largest absolute Gasteiger partial charge is 0.481 e. The molecule has 1 N–H and O–H groups in total. The maximum absolute atomic E-state index is 12.3. The number of amides is 1. The summed E-state index contributed by atoms with van der Waals surface area (Å²) < 4.78 is 0. The number of hydrogen-bond acceptors (Lipinski definition) is 4. The molecule has 1 fully saturated rings. The second-order valence-electron chi connectivity index (χ2n) is 5.27. The molecule has 20 heavy (non-hydrogen) atoms. The SMILES string of the molecule is CCN(CCc1nccs1)C(=O)CC1(C(=O)O)CCC1. The zero-order valence-electron chi connectivity index (χ0n) is 11.7. The van der Waals surface area contributed by atoms with Gasteiger partial charge in [-0.15, -0.1) is 11.3 Å². The summed E-state index contributed by atoms with van der Waals surface area (Å²) in [6, 6.07) is 0. The molecule has 1 saturated carbocycles. The van der Waals surface area contributed by atoms with Crippen LogP contribution in [-0.2, 0) is 16.0 Å². The Kier molecular flexibility index (Phi) is 4.75. The predicted molar refractivity (Wildman–Crippen MR) is 76.6 cm³/mol. The monoisotopic (exact) mass is 296 g/mol. The van der Waals surface area contributed by atoms with Gasteiger partial charge in [-0.3, -0.25) is 9.59 Å². The third-order valence-electron chi connectivity index (χ3n) is 4.07. The Morgan fingerprint density at radius 2 is 2.25 bits per heavy atom. The van der Waals surface area contributed by atoms with Gasteiger partial charge < -0.3 is 10.0 Å². The quantitative estimate of drug-likeness (QED) is 0.837. The fourth-order valence-corrected chi connectivity index (χ4v) is 3.15. The minimum absolute atomic E-state index is 0.0499. The van der Waals surface area contributed by atoms with Crippen molar-refractivity contribution >= 4 is 23.2 Å². The predicted octanol–water partition coefficient (Wildman–Crippen LogP) is 2.18. The lowest BCUT2D eigenvalue weighted by molar-refractivity contribution is -0.159. The van der Waals surface area contributed by atoms with Gasteiger partial charge in [0.25, 0.3) is 0 Å². The third-order valence-corrected chi connectivity index (χ3v) is 4.91. The number of carboxylic acid groups (broad SMARTS) is 1. The van der Waals surface area contributed by atoms with Crippen molar-refractivity contribution in [3.05, 3.63) is 16.6 Å². The molecule has 1 aliphatic carbocycles. The number of hydrogen-bond donors (Lipinski definition) is 1. The van der Waals surface area contributed by atoms with Crippen LogP contribution in [0.5, 0.6) is 0 Å². The highest BCUT2D eigenvalue weighted by Crippen LogP contribution is 2.44. The summed E-state index contributed by atoms with van der Waals surface area (Å²) in [5, 5.41) is 12.2. The minimum atomic E-state index is -0.826. The van der Waals surface area contributed by atoms with E-state index in [1.54, 1.807) is 22.4 Å². The molecule has 0 bridgehead atoms. The molecule has 2 rings (SSSR count). The molecular formula is C14H20N2O3S. The first kappa shape index (κ1) is 15.0. The van der Waals surface area contributed by atoms with Gasteiger partial charge in [0, 0.05) is 37.5 Å². The first-order valence-electron chi connectivity index (χ1n) is 6.97. The lowest BCUT2D eigenvalue weighted by Gasteiger charge is -2.38. The summed E-state index contributed by atoms with van der Waals surface area (Å²) in [6.07, 6.45) is 4.78. The number of thiazole rings is 1. The Hall–Kier alpha value is -1.43. The van der Waals surface area contributed by atoms with E-state index in [0.29, 0.717) is 25.9 Å². The summed E-state index contributed by atoms with van der Waals surface area (Å²) in [4.78, 5) is 29.5. The molecule has 0 unspecified atom stereocenters. The van der Waals surface area contributed by atoms with E-state index >= 15 is 0 Å². The number of carbonyl (C=O) groups is 2. The molecule has 0 aliphatic heterocycles. The van der Waals surface area contributed by atoms with Crippen molar-refractivity contribution in [2.45, 2.75) is 39.0 Å². The van der Waals surface area contributed by atoms with Crippen molar-refractivity contribution < 1.29 is 14.7 Å². The molecule has 0 atom stereocenters. The number of likely N-dealkylation sites (N-methyl/N-ethyl adjacent to an activating group) is 1. The maximum atomic E-state index is 12.3. The average molecular weight is 296 g/mol. The van der Waals surface area contributed by atoms with Crippen molar-refractivity contribution in [2.24, 2.45) is 5.41 Å². The molecule has 1 aromatic heterocycles. The molecule has 0 aromatic carbocycles. The van der Waals surface area contributed by atoms with Crippen LogP contribution in [0.4, 0.5) is 0 Å². The van der Waals surface area contributed by atoms with Crippen LogP contribution in [0, 0.1) is 5.41 Å². The molecule has 0 saturated heterocycles. The van der Waals surface area contributed by atoms with Crippen LogP contribution < -0.4 is 0 Å². The topological polar surface area (TPSA) is 70.5 Å². The highest BCUT2D eigenvalue weighted by atomic mass is 32.1. The number of rotatable bonds is 7. The number of aromatic nitrogens is 1. The van der Waals surface area contributed by atoms with E-state index in [-0.39, 0.29) is 12.3 Å². The molecule has 110 valence electrons. The van der Waals surface area contributed by atoms with Crippen LogP contribution in [0.25, 0.3) is 0 Å². The first-order valence-corrected chi connectivity index (χ1v) is 7.85. The van der Waals surface area contributed by atoms with E-state index < -0.39 is 11.4 Å². The van der Waals surface area contributed by atoms with Crippen LogP contribution in [0.15, 0.2) is 11.6 Å². The van der Waals surface area contributed by atoms with Crippen LogP contribution in [0.1, 0.15) is 37.6 Å². The Bertz CT molecular complexity index is 469. The number of carbonyl (C=O) groups excluding carboxylic acids is 1. The van der Waals surface area contributed by atoms with E-state index in [4.69, 9.17) is 0 Å². The number of nitrogens with zero attached hydrogens (tertiary/aromatic N) is 2. The van der Waals surface area contributed by atoms with Crippen molar-refractivity contribution in [3.63, 3.8) is 0 Å². The molecule has 1 aromatic rings. The second kappa shape index (κ2) is 6.35. The molecule has 6 heteroatoms. The molecule has 0 radical (unpaired) electrons. The minimum Gasteiger partial charge on any atom is -0.481 e. The summed E-state index contributed by atoms with van der Waals surface area (Å²) in [5.74, 6) is -0.876. The maximum Gasteiger partial charge on any atom is 0.310 e. The van der Waals surface area contributed by atoms with Crippen LogP contribution in [0.2, 0.25) is 0 Å². The van der Waals surface area contributed by atoms with Gasteiger partial charge in [-0.1, -0.05) is 6.42 Å². The summed E-state index contributed by atoms with van der Waals surface area (Å²) in [6.45, 7) is 3.15. The Morgan fingerprint density at radius 3 is 2.70 bits per heavy atom. The smallest absolute Gasteiger partial charge is 0.310 e. The summed E-state index contributed by atoms with van der Waals surface area (Å²) in [5.41, 5.74) is -0.800. The Labute approximate surface area is 122 Å². The van der Waals surface area contributed by atoms with Gasteiger partial charge >= 0.3 is 5.97 Å². The highest BCUT2D eigenvalue weighted by molar-refractivity contribution is 7.09. The van der Waals surface area contributed by atoms with Crippen LogP contribution in [0.3, 0.4) is 0 Å². The lowest BCUT2D eigenvalue weighted by Crippen LogP contribution is -2.44. The van der Waals surface area contributed by atoms with E-state index in [2.05, 4.69) is 4.98 Å². The van der Waals surface area contributed by atoms with Gasteiger partial charge in [0.05, 0.1) is 10.4 Å². The van der Waals surface area contributed by atoms with Crippen molar-refractivity contribution in [1.29, 1.82) is 0 Å². The van der Waals surface area contributed by atoms with Crippen molar-refractivity contribution in [2.75, 3.05) is 13.1 Å². The molecule has 1 aliphatic rings. The highest BCUT2D eigenvalue weighted by Gasteiger charge is 2.46. The average Bonchev–Trinajstić information content (AvgIpc) is 2.87. The van der Waals surface area contributed by atoms with E-state index in [1.807, 2.05) is 12.3 Å². The van der Waals surface area contributed by atoms with Gasteiger partial charge in [0.15, 0.2) is 0 Å².